The first-order valence-electron chi connectivity index (χ1n) is 9.66. The predicted octanol–water partition coefficient (Wildman–Crippen LogP) is 3.60. The lowest BCUT2D eigenvalue weighted by molar-refractivity contribution is 0.606. The molecule has 4 rings (SSSR count). The summed E-state index contributed by atoms with van der Waals surface area (Å²) in [5, 5.41) is 0. The molecule has 0 aliphatic rings. The molecule has 8 heteroatoms. The van der Waals surface area contributed by atoms with Crippen molar-refractivity contribution in [1.29, 1.82) is 0 Å². The van der Waals surface area contributed by atoms with Crippen molar-refractivity contribution in [3.8, 4) is 0 Å². The van der Waals surface area contributed by atoms with E-state index in [0.29, 0.717) is 5.69 Å². The van der Waals surface area contributed by atoms with Crippen LogP contribution in [0.2, 0.25) is 0 Å². The van der Waals surface area contributed by atoms with Gasteiger partial charge in [-0.2, -0.15) is 0 Å². The molecule has 0 aromatic carbocycles. The summed E-state index contributed by atoms with van der Waals surface area (Å²) in [4.78, 5) is 17.6. The molecule has 4 aromatic heterocycles. The van der Waals surface area contributed by atoms with E-state index in [0.717, 1.165) is 22.9 Å². The molecule has 0 saturated heterocycles. The van der Waals surface area contributed by atoms with Crippen LogP contribution in [0.25, 0.3) is 0 Å². The maximum atomic E-state index is 11.8. The molecule has 0 bridgehead atoms. The van der Waals surface area contributed by atoms with E-state index in [1.165, 1.54) is 0 Å². The highest BCUT2D eigenvalue weighted by molar-refractivity contribution is 7.92. The Balaban J connectivity index is 1.91. The van der Waals surface area contributed by atoms with Gasteiger partial charge in [0.1, 0.15) is 5.82 Å². The highest BCUT2D eigenvalue weighted by Crippen LogP contribution is 2.41. The number of rotatable bonds is 7. The fraction of sp³-hybridized carbons (Fsp3) is 0.130. The molecule has 4 heterocycles. The molecule has 0 aliphatic heterocycles. The van der Waals surface area contributed by atoms with Gasteiger partial charge >= 0.3 is 0 Å². The molecule has 1 N–H and O–H groups in total. The lowest BCUT2D eigenvalue weighted by Gasteiger charge is -2.28. The van der Waals surface area contributed by atoms with E-state index >= 15 is 0 Å². The van der Waals surface area contributed by atoms with Crippen LogP contribution in [0.3, 0.4) is 0 Å². The SMILES string of the molecule is CS(=O)(=O)Nc1cccc(C(c2cccnc2)C(c2cccnc2)c2cccnc2)n1. The molecular weight excluding hydrogens is 410 g/mol. The van der Waals surface area contributed by atoms with Crippen LogP contribution in [0.1, 0.15) is 34.2 Å². The van der Waals surface area contributed by atoms with Gasteiger partial charge in [-0.1, -0.05) is 24.3 Å². The van der Waals surface area contributed by atoms with Gasteiger partial charge in [0, 0.05) is 49.0 Å². The first kappa shape index (κ1) is 20.6. The third-order valence-corrected chi connectivity index (χ3v) is 5.42. The first-order valence-corrected chi connectivity index (χ1v) is 11.5. The zero-order valence-corrected chi connectivity index (χ0v) is 17.6. The number of hydrogen-bond donors (Lipinski definition) is 1. The molecule has 0 aliphatic carbocycles. The second-order valence-corrected chi connectivity index (χ2v) is 8.88. The highest BCUT2D eigenvalue weighted by Gasteiger charge is 2.30. The molecule has 156 valence electrons. The van der Waals surface area contributed by atoms with Crippen molar-refractivity contribution in [3.63, 3.8) is 0 Å². The first-order chi connectivity index (χ1) is 15.0. The summed E-state index contributed by atoms with van der Waals surface area (Å²) in [6.45, 7) is 0. The Morgan fingerprint density at radius 3 is 1.68 bits per heavy atom. The van der Waals surface area contributed by atoms with Crippen molar-refractivity contribution in [2.45, 2.75) is 11.8 Å². The highest BCUT2D eigenvalue weighted by atomic mass is 32.2. The van der Waals surface area contributed by atoms with Gasteiger partial charge in [0.25, 0.3) is 0 Å². The van der Waals surface area contributed by atoms with E-state index < -0.39 is 10.0 Å². The average Bonchev–Trinajstić information content (AvgIpc) is 2.78. The Morgan fingerprint density at radius 1 is 0.710 bits per heavy atom. The van der Waals surface area contributed by atoms with Crippen LogP contribution in [0.5, 0.6) is 0 Å². The largest absolute Gasteiger partial charge is 0.268 e. The third kappa shape index (κ3) is 5.10. The predicted molar refractivity (Wildman–Crippen MR) is 119 cm³/mol. The summed E-state index contributed by atoms with van der Waals surface area (Å²) >= 11 is 0. The number of anilines is 1. The van der Waals surface area contributed by atoms with E-state index in [4.69, 9.17) is 0 Å². The minimum absolute atomic E-state index is 0.160. The van der Waals surface area contributed by atoms with Gasteiger partial charge in [0.05, 0.1) is 11.9 Å². The van der Waals surface area contributed by atoms with Gasteiger partial charge in [-0.25, -0.2) is 13.4 Å². The summed E-state index contributed by atoms with van der Waals surface area (Å²) in [6.07, 6.45) is 11.8. The van der Waals surface area contributed by atoms with Gasteiger partial charge in [-0.05, 0) is 47.0 Å². The topological polar surface area (TPSA) is 97.7 Å². The Bertz CT molecular complexity index is 1200. The third-order valence-electron chi connectivity index (χ3n) is 4.84. The second kappa shape index (κ2) is 9.01. The standard InChI is InChI=1S/C23H21N5O2S/c1-31(29,30)28-21-10-2-9-20(27-21)23(19-8-5-13-26-16-19)22(17-6-3-11-24-14-17)18-7-4-12-25-15-18/h2-16,22-23H,1H3,(H,27,28). The molecule has 0 spiro atoms. The maximum absolute atomic E-state index is 11.8. The molecule has 0 amide bonds. The smallest absolute Gasteiger partial charge is 0.230 e. The van der Waals surface area contributed by atoms with Crippen LogP contribution in [-0.4, -0.2) is 34.6 Å². The normalized spacial score (nSPS) is 12.5. The van der Waals surface area contributed by atoms with Gasteiger partial charge in [-0.3, -0.25) is 19.7 Å². The molecule has 7 nitrogen and oxygen atoms in total. The van der Waals surface area contributed by atoms with Gasteiger partial charge in [-0.15, -0.1) is 0 Å². The van der Waals surface area contributed by atoms with Gasteiger partial charge in [0.15, 0.2) is 0 Å². The summed E-state index contributed by atoms with van der Waals surface area (Å²) in [7, 11) is -3.45. The lowest BCUT2D eigenvalue weighted by Crippen LogP contribution is -2.18. The molecule has 1 atom stereocenters. The van der Waals surface area contributed by atoms with E-state index in [2.05, 4.69) is 24.7 Å². The number of nitrogens with zero attached hydrogens (tertiary/aromatic N) is 4. The Morgan fingerprint density at radius 2 is 1.23 bits per heavy atom. The van der Waals surface area contributed by atoms with E-state index in [9.17, 15) is 8.42 Å². The molecular formula is C23H21N5O2S. The monoisotopic (exact) mass is 431 g/mol. The molecule has 0 fully saturated rings. The second-order valence-electron chi connectivity index (χ2n) is 7.14. The minimum Gasteiger partial charge on any atom is -0.268 e. The van der Waals surface area contributed by atoms with E-state index in [-0.39, 0.29) is 17.7 Å². The molecule has 1 unspecified atom stereocenters. The quantitative estimate of drug-likeness (QED) is 0.480. The Labute approximate surface area is 181 Å². The van der Waals surface area contributed by atoms with Gasteiger partial charge in [0.2, 0.25) is 10.0 Å². The van der Waals surface area contributed by atoms with Crippen LogP contribution in [0.4, 0.5) is 5.82 Å². The Kier molecular flexibility index (Phi) is 5.99. The number of aromatic nitrogens is 4. The van der Waals surface area contributed by atoms with Crippen LogP contribution in [0, 0.1) is 0 Å². The molecule has 31 heavy (non-hydrogen) atoms. The van der Waals surface area contributed by atoms with Gasteiger partial charge < -0.3 is 0 Å². The number of sulfonamides is 1. The van der Waals surface area contributed by atoms with Crippen LogP contribution >= 0.6 is 0 Å². The number of nitrogens with one attached hydrogen (secondary N) is 1. The zero-order valence-electron chi connectivity index (χ0n) is 16.8. The fourth-order valence-electron chi connectivity index (χ4n) is 3.66. The Hall–Kier alpha value is -3.65. The van der Waals surface area contributed by atoms with Crippen molar-refractivity contribution >= 4 is 15.8 Å². The van der Waals surface area contributed by atoms with E-state index in [1.807, 2.05) is 61.1 Å². The number of hydrogen-bond acceptors (Lipinski definition) is 6. The molecule has 0 saturated carbocycles. The number of pyridine rings is 4. The lowest BCUT2D eigenvalue weighted by atomic mass is 9.76. The van der Waals surface area contributed by atoms with Crippen LogP contribution in [0.15, 0.2) is 91.8 Å². The van der Waals surface area contributed by atoms with Crippen molar-refractivity contribution < 1.29 is 8.42 Å². The van der Waals surface area contributed by atoms with Crippen molar-refractivity contribution in [1.82, 2.24) is 19.9 Å². The van der Waals surface area contributed by atoms with Crippen LogP contribution in [-0.2, 0) is 10.0 Å². The summed E-state index contributed by atoms with van der Waals surface area (Å²) < 4.78 is 26.0. The van der Waals surface area contributed by atoms with Crippen molar-refractivity contribution in [3.05, 3.63) is 114 Å². The molecule has 0 radical (unpaired) electrons. The average molecular weight is 432 g/mol. The minimum atomic E-state index is -3.45. The zero-order chi connectivity index (χ0) is 21.7. The summed E-state index contributed by atoms with van der Waals surface area (Å²) in [6, 6.07) is 17.0. The summed E-state index contributed by atoms with van der Waals surface area (Å²) in [5.41, 5.74) is 3.64. The van der Waals surface area contributed by atoms with E-state index in [1.54, 1.807) is 30.7 Å². The fourth-order valence-corrected chi connectivity index (χ4v) is 4.16. The van der Waals surface area contributed by atoms with Crippen molar-refractivity contribution in [2.75, 3.05) is 11.0 Å². The molecule has 4 aromatic rings. The maximum Gasteiger partial charge on any atom is 0.230 e. The summed E-state index contributed by atoms with van der Waals surface area (Å²) in [5.74, 6) is -0.138. The van der Waals surface area contributed by atoms with Crippen molar-refractivity contribution in [2.24, 2.45) is 0 Å². The van der Waals surface area contributed by atoms with Crippen LogP contribution < -0.4 is 4.72 Å².